The Kier molecular flexibility index (Phi) is 4.29. The minimum Gasteiger partial charge on any atom is -0.366 e. The van der Waals surface area contributed by atoms with Crippen LogP contribution in [0.2, 0.25) is 0 Å². The molecule has 1 unspecified atom stereocenters. The molecule has 1 atom stereocenters. The van der Waals surface area contributed by atoms with Gasteiger partial charge in [-0.15, -0.1) is 0 Å². The molecule has 6 heteroatoms. The summed E-state index contributed by atoms with van der Waals surface area (Å²) >= 11 is 0. The SMILES string of the molecule is CC(Cc1ccc(-n2cc3cccc(C(N)=O)c3n2)cc1)NC=O. The number of aromatic nitrogens is 2. The van der Waals surface area contributed by atoms with Gasteiger partial charge in [0.2, 0.25) is 6.41 Å². The number of carbonyl (C=O) groups is 2. The average molecular weight is 322 g/mol. The van der Waals surface area contributed by atoms with Gasteiger partial charge in [0.1, 0.15) is 5.52 Å². The Hall–Kier alpha value is -3.15. The van der Waals surface area contributed by atoms with E-state index in [1.54, 1.807) is 16.8 Å². The fourth-order valence-corrected chi connectivity index (χ4v) is 2.69. The van der Waals surface area contributed by atoms with Crippen LogP contribution in [0.15, 0.2) is 48.7 Å². The van der Waals surface area contributed by atoms with Crippen molar-refractivity contribution in [3.05, 3.63) is 59.8 Å². The summed E-state index contributed by atoms with van der Waals surface area (Å²) in [7, 11) is 0. The third-order valence-electron chi connectivity index (χ3n) is 3.90. The van der Waals surface area contributed by atoms with Crippen LogP contribution in [0.3, 0.4) is 0 Å². The zero-order valence-corrected chi connectivity index (χ0v) is 13.3. The largest absolute Gasteiger partial charge is 0.366 e. The Labute approximate surface area is 139 Å². The highest BCUT2D eigenvalue weighted by Gasteiger charge is 2.11. The molecule has 3 rings (SSSR count). The molecule has 24 heavy (non-hydrogen) atoms. The quantitative estimate of drug-likeness (QED) is 0.678. The predicted molar refractivity (Wildman–Crippen MR) is 92.0 cm³/mol. The Morgan fingerprint density at radius 2 is 2.04 bits per heavy atom. The van der Waals surface area contributed by atoms with E-state index in [4.69, 9.17) is 5.73 Å². The molecule has 0 saturated heterocycles. The van der Waals surface area contributed by atoms with E-state index < -0.39 is 5.91 Å². The normalized spacial score (nSPS) is 12.0. The number of rotatable bonds is 6. The van der Waals surface area contributed by atoms with Crippen molar-refractivity contribution in [1.29, 1.82) is 0 Å². The van der Waals surface area contributed by atoms with Crippen LogP contribution >= 0.6 is 0 Å². The highest BCUT2D eigenvalue weighted by Crippen LogP contribution is 2.19. The van der Waals surface area contributed by atoms with Crippen LogP contribution in [-0.2, 0) is 11.2 Å². The molecule has 2 aromatic carbocycles. The van der Waals surface area contributed by atoms with E-state index in [-0.39, 0.29) is 6.04 Å². The van der Waals surface area contributed by atoms with E-state index in [9.17, 15) is 9.59 Å². The van der Waals surface area contributed by atoms with Crippen LogP contribution in [-0.4, -0.2) is 28.1 Å². The minimum absolute atomic E-state index is 0.0822. The summed E-state index contributed by atoms with van der Waals surface area (Å²) in [4.78, 5) is 22.0. The molecule has 0 spiro atoms. The lowest BCUT2D eigenvalue weighted by molar-refractivity contribution is -0.110. The fourth-order valence-electron chi connectivity index (χ4n) is 2.69. The topological polar surface area (TPSA) is 90.0 Å². The Morgan fingerprint density at radius 1 is 1.29 bits per heavy atom. The molecule has 0 radical (unpaired) electrons. The molecule has 0 bridgehead atoms. The molecular formula is C18H18N4O2. The van der Waals surface area contributed by atoms with Gasteiger partial charge < -0.3 is 11.1 Å². The lowest BCUT2D eigenvalue weighted by Crippen LogP contribution is -2.26. The molecule has 0 aliphatic heterocycles. The van der Waals surface area contributed by atoms with E-state index in [0.29, 0.717) is 17.5 Å². The number of hydrogen-bond donors (Lipinski definition) is 2. The van der Waals surface area contributed by atoms with Crippen molar-refractivity contribution in [2.75, 3.05) is 0 Å². The van der Waals surface area contributed by atoms with Crippen molar-refractivity contribution in [2.45, 2.75) is 19.4 Å². The number of hydrogen-bond acceptors (Lipinski definition) is 3. The molecule has 1 heterocycles. The van der Waals surface area contributed by atoms with Gasteiger partial charge in [0.05, 0.1) is 11.3 Å². The molecule has 1 aromatic heterocycles. The summed E-state index contributed by atoms with van der Waals surface area (Å²) in [5, 5.41) is 8.07. The van der Waals surface area contributed by atoms with Crippen LogP contribution in [0.25, 0.3) is 16.6 Å². The highest BCUT2D eigenvalue weighted by atomic mass is 16.1. The Morgan fingerprint density at radius 3 is 2.71 bits per heavy atom. The lowest BCUT2D eigenvalue weighted by atomic mass is 10.1. The van der Waals surface area contributed by atoms with E-state index in [1.807, 2.05) is 43.5 Å². The van der Waals surface area contributed by atoms with E-state index in [2.05, 4.69) is 10.4 Å². The van der Waals surface area contributed by atoms with Gasteiger partial charge in [-0.25, -0.2) is 4.68 Å². The van der Waals surface area contributed by atoms with Gasteiger partial charge in [-0.1, -0.05) is 24.3 Å². The number of primary amides is 1. The van der Waals surface area contributed by atoms with Crippen molar-refractivity contribution in [3.63, 3.8) is 0 Å². The van der Waals surface area contributed by atoms with E-state index >= 15 is 0 Å². The molecule has 6 nitrogen and oxygen atoms in total. The summed E-state index contributed by atoms with van der Waals surface area (Å²) in [6.45, 7) is 1.95. The van der Waals surface area contributed by atoms with Gasteiger partial charge in [0, 0.05) is 17.6 Å². The second kappa shape index (κ2) is 6.54. The Bertz CT molecular complexity index is 884. The summed E-state index contributed by atoms with van der Waals surface area (Å²) < 4.78 is 1.73. The molecule has 2 amide bonds. The first-order chi connectivity index (χ1) is 11.6. The van der Waals surface area contributed by atoms with Crippen LogP contribution in [0, 0.1) is 0 Å². The molecule has 0 saturated carbocycles. The molecular weight excluding hydrogens is 304 g/mol. The van der Waals surface area contributed by atoms with Gasteiger partial charge in [0.25, 0.3) is 5.91 Å². The van der Waals surface area contributed by atoms with Gasteiger partial charge in [-0.2, -0.15) is 5.10 Å². The molecule has 3 aromatic rings. The second-order valence-electron chi connectivity index (χ2n) is 5.74. The molecule has 122 valence electrons. The number of fused-ring (bicyclic) bond motifs is 1. The number of benzene rings is 2. The number of amides is 2. The standard InChI is InChI=1S/C18H18N4O2/c1-12(20-11-23)9-13-5-7-15(8-6-13)22-10-14-3-2-4-16(18(19)24)17(14)21-22/h2-8,10-12H,9H2,1H3,(H2,19,24)(H,20,23). The first-order valence-corrected chi connectivity index (χ1v) is 7.65. The average Bonchev–Trinajstić information content (AvgIpc) is 2.99. The number of nitrogens with two attached hydrogens (primary N) is 1. The minimum atomic E-state index is -0.488. The van der Waals surface area contributed by atoms with Crippen molar-refractivity contribution in [1.82, 2.24) is 15.1 Å². The van der Waals surface area contributed by atoms with Crippen molar-refractivity contribution in [3.8, 4) is 5.69 Å². The monoisotopic (exact) mass is 322 g/mol. The first-order valence-electron chi connectivity index (χ1n) is 7.65. The summed E-state index contributed by atoms with van der Waals surface area (Å²) in [6.07, 6.45) is 3.34. The van der Waals surface area contributed by atoms with Crippen LogP contribution < -0.4 is 11.1 Å². The van der Waals surface area contributed by atoms with Crippen LogP contribution in [0.5, 0.6) is 0 Å². The Balaban J connectivity index is 1.89. The van der Waals surface area contributed by atoms with Gasteiger partial charge in [-0.3, -0.25) is 9.59 Å². The first kappa shape index (κ1) is 15.7. The third-order valence-corrected chi connectivity index (χ3v) is 3.90. The zero-order valence-electron chi connectivity index (χ0n) is 13.3. The number of carbonyl (C=O) groups excluding carboxylic acids is 2. The number of nitrogens with one attached hydrogen (secondary N) is 1. The smallest absolute Gasteiger partial charge is 0.250 e. The van der Waals surface area contributed by atoms with Crippen LogP contribution in [0.4, 0.5) is 0 Å². The zero-order chi connectivity index (χ0) is 17.1. The summed E-state index contributed by atoms with van der Waals surface area (Å²) in [5.74, 6) is -0.488. The maximum Gasteiger partial charge on any atom is 0.250 e. The third kappa shape index (κ3) is 3.12. The molecule has 0 aliphatic rings. The van der Waals surface area contributed by atoms with Crippen molar-refractivity contribution in [2.24, 2.45) is 5.73 Å². The maximum absolute atomic E-state index is 11.5. The lowest BCUT2D eigenvalue weighted by Gasteiger charge is -2.10. The van der Waals surface area contributed by atoms with Gasteiger partial charge in [0.15, 0.2) is 0 Å². The fraction of sp³-hybridized carbons (Fsp3) is 0.167. The maximum atomic E-state index is 11.5. The summed E-state index contributed by atoms with van der Waals surface area (Å²) in [5.41, 5.74) is 8.42. The predicted octanol–water partition coefficient (Wildman–Crippen LogP) is 1.80. The summed E-state index contributed by atoms with van der Waals surface area (Å²) in [6, 6.07) is 13.4. The van der Waals surface area contributed by atoms with E-state index in [0.717, 1.165) is 23.1 Å². The van der Waals surface area contributed by atoms with E-state index in [1.165, 1.54) is 0 Å². The molecule has 3 N–H and O–H groups in total. The number of nitrogens with zero attached hydrogens (tertiary/aromatic N) is 2. The van der Waals surface area contributed by atoms with Gasteiger partial charge >= 0.3 is 0 Å². The van der Waals surface area contributed by atoms with Gasteiger partial charge in [-0.05, 0) is 37.1 Å². The van der Waals surface area contributed by atoms with Crippen molar-refractivity contribution < 1.29 is 9.59 Å². The highest BCUT2D eigenvalue weighted by molar-refractivity contribution is 6.04. The second-order valence-corrected chi connectivity index (χ2v) is 5.74. The molecule has 0 fully saturated rings. The molecule has 0 aliphatic carbocycles. The van der Waals surface area contributed by atoms with Crippen molar-refractivity contribution >= 4 is 23.2 Å². The van der Waals surface area contributed by atoms with Crippen LogP contribution in [0.1, 0.15) is 22.8 Å².